The Morgan fingerprint density at radius 1 is 0.185 bits per heavy atom. The summed E-state index contributed by atoms with van der Waals surface area (Å²) < 4.78 is 13.2. The van der Waals surface area contributed by atoms with E-state index in [2.05, 4.69) is 279 Å². The molecule has 15 aromatic carbocycles. The molecule has 0 fully saturated rings. The van der Waals surface area contributed by atoms with Crippen LogP contribution in [0.25, 0.3) is 211 Å². The van der Waals surface area contributed by atoms with Gasteiger partial charge >= 0.3 is 0 Å². The van der Waals surface area contributed by atoms with Crippen molar-refractivity contribution in [3.63, 3.8) is 0 Å². The van der Waals surface area contributed by atoms with Gasteiger partial charge in [-0.25, -0.2) is 29.9 Å². The van der Waals surface area contributed by atoms with Crippen molar-refractivity contribution in [2.45, 2.75) is 0 Å². The highest BCUT2D eigenvalue weighted by Crippen LogP contribution is 2.45. The summed E-state index contributed by atoms with van der Waals surface area (Å²) in [5.74, 6) is 1.33. The molecule has 0 aliphatic carbocycles. The lowest BCUT2D eigenvalue weighted by Crippen LogP contribution is -1.96. The number of nitrogens with zero attached hydrogens (tertiary/aromatic N) is 6. The number of hydrogen-bond donors (Lipinski definition) is 0. The van der Waals surface area contributed by atoms with Gasteiger partial charge in [0.15, 0.2) is 11.6 Å². The second kappa shape index (κ2) is 26.9. The standard InChI is InChI=1S/C53H33N3O.C47H29N3O/c1-3-13-37(14-4-1)46-33-47(38-15-5-2-6-16-38)56-53(55-46)40-28-22-34(23-29-40)41-30-31-44-48(32-41)54-51(50-45-19-9-10-21-49(45)57-52(44)50)39-26-24-36(25-27-39)43-20-11-17-35-12-7-8-18-42(35)43;1-3-13-32(14-4-1)40-29-41(33-15-5-2-6-16-33)50-47(49-40)35-26-27-38-42(28-35)48-45(44-39-19-9-10-21-43(39)51-46(38)44)34-24-22-31(23-25-34)37-20-11-17-30-12-7-8-18-36(30)37/h1-33H;1-29H. The van der Waals surface area contributed by atoms with Crippen molar-refractivity contribution in [3.8, 4) is 124 Å². The molecular formula is C100H62N6O2. The van der Waals surface area contributed by atoms with Crippen molar-refractivity contribution in [1.29, 1.82) is 0 Å². The summed E-state index contributed by atoms with van der Waals surface area (Å²) in [5, 5.41) is 11.0. The van der Waals surface area contributed by atoms with E-state index in [0.717, 1.165) is 161 Å². The Bertz CT molecular complexity index is 6880. The Kier molecular flexibility index (Phi) is 15.7. The van der Waals surface area contributed by atoms with E-state index in [1.165, 1.54) is 38.2 Å². The van der Waals surface area contributed by atoms with Crippen molar-refractivity contribution in [2.75, 3.05) is 0 Å². The fourth-order valence-corrected chi connectivity index (χ4v) is 15.2. The Morgan fingerprint density at radius 3 is 0.926 bits per heavy atom. The van der Waals surface area contributed by atoms with Crippen molar-refractivity contribution >= 4 is 87.2 Å². The van der Waals surface area contributed by atoms with Crippen LogP contribution in [-0.2, 0) is 0 Å². The van der Waals surface area contributed by atoms with E-state index in [9.17, 15) is 0 Å². The molecule has 108 heavy (non-hydrogen) atoms. The van der Waals surface area contributed by atoms with Gasteiger partial charge in [0.25, 0.3) is 0 Å². The third-order valence-corrected chi connectivity index (χ3v) is 20.6. The van der Waals surface area contributed by atoms with Crippen LogP contribution in [0.5, 0.6) is 0 Å². The fraction of sp³-hybridized carbons (Fsp3) is 0. The molecule has 0 bridgehead atoms. The highest BCUT2D eigenvalue weighted by atomic mass is 16.3. The molecular weight excluding hydrogens is 1320 g/mol. The van der Waals surface area contributed by atoms with Gasteiger partial charge in [-0.1, -0.05) is 328 Å². The number of aromatic nitrogens is 6. The Labute approximate surface area is 621 Å². The molecule has 0 N–H and O–H groups in total. The highest BCUT2D eigenvalue weighted by Gasteiger charge is 2.23. The minimum atomic E-state index is 0.643. The molecule has 8 heteroatoms. The van der Waals surface area contributed by atoms with Crippen molar-refractivity contribution in [2.24, 2.45) is 0 Å². The average Bonchev–Trinajstić information content (AvgIpc) is 1.56. The summed E-state index contributed by atoms with van der Waals surface area (Å²) in [6.45, 7) is 0. The van der Waals surface area contributed by atoms with Gasteiger partial charge in [-0.3, -0.25) is 0 Å². The maximum absolute atomic E-state index is 6.61. The van der Waals surface area contributed by atoms with E-state index in [4.69, 9.17) is 38.7 Å². The molecule has 504 valence electrons. The van der Waals surface area contributed by atoms with Gasteiger partial charge in [0, 0.05) is 66.1 Å². The van der Waals surface area contributed by atoms with Gasteiger partial charge in [0.1, 0.15) is 22.3 Å². The molecule has 21 rings (SSSR count). The molecule has 0 radical (unpaired) electrons. The molecule has 21 aromatic rings. The molecule has 0 saturated heterocycles. The molecule has 0 amide bonds. The van der Waals surface area contributed by atoms with Crippen LogP contribution in [0.4, 0.5) is 0 Å². The predicted octanol–water partition coefficient (Wildman–Crippen LogP) is 26.5. The van der Waals surface area contributed by atoms with Crippen LogP contribution in [0.15, 0.2) is 385 Å². The van der Waals surface area contributed by atoms with Gasteiger partial charge in [-0.05, 0) is 103 Å². The summed E-state index contributed by atoms with van der Waals surface area (Å²) in [7, 11) is 0. The second-order valence-corrected chi connectivity index (χ2v) is 27.2. The minimum Gasteiger partial charge on any atom is -0.455 e. The zero-order valence-corrected chi connectivity index (χ0v) is 58.3. The summed E-state index contributed by atoms with van der Waals surface area (Å²) in [4.78, 5) is 31.0. The van der Waals surface area contributed by atoms with Crippen molar-refractivity contribution < 1.29 is 8.83 Å². The molecule has 0 unspecified atom stereocenters. The third kappa shape index (κ3) is 11.6. The Morgan fingerprint density at radius 2 is 0.500 bits per heavy atom. The summed E-state index contributed by atoms with van der Waals surface area (Å²) in [5.41, 5.74) is 25.4. The van der Waals surface area contributed by atoms with Gasteiger partial charge in [0.2, 0.25) is 0 Å². The Balaban J connectivity index is 0.000000143. The average molecular weight is 1380 g/mol. The summed E-state index contributed by atoms with van der Waals surface area (Å²) in [6.07, 6.45) is 0. The van der Waals surface area contributed by atoms with E-state index in [0.29, 0.717) is 11.6 Å². The third-order valence-electron chi connectivity index (χ3n) is 20.6. The molecule has 6 heterocycles. The predicted molar refractivity (Wildman–Crippen MR) is 444 cm³/mol. The van der Waals surface area contributed by atoms with Crippen LogP contribution in [0, 0.1) is 0 Å². The lowest BCUT2D eigenvalue weighted by atomic mass is 9.96. The fourth-order valence-electron chi connectivity index (χ4n) is 15.2. The molecule has 0 saturated carbocycles. The lowest BCUT2D eigenvalue weighted by Gasteiger charge is -2.11. The monoisotopic (exact) mass is 1380 g/mol. The maximum Gasteiger partial charge on any atom is 0.160 e. The number of benzene rings is 15. The molecule has 0 aliphatic rings. The quantitative estimate of drug-likeness (QED) is 0.126. The smallest absolute Gasteiger partial charge is 0.160 e. The van der Waals surface area contributed by atoms with Crippen LogP contribution in [0.3, 0.4) is 0 Å². The summed E-state index contributed by atoms with van der Waals surface area (Å²) in [6, 6.07) is 130. The van der Waals surface area contributed by atoms with Crippen LogP contribution < -0.4 is 0 Å². The van der Waals surface area contributed by atoms with Crippen molar-refractivity contribution in [3.05, 3.63) is 376 Å². The summed E-state index contributed by atoms with van der Waals surface area (Å²) >= 11 is 0. The first kappa shape index (κ1) is 63.1. The largest absolute Gasteiger partial charge is 0.455 e. The number of fused-ring (bicyclic) bond motifs is 12. The van der Waals surface area contributed by atoms with E-state index < -0.39 is 0 Å². The van der Waals surface area contributed by atoms with Crippen LogP contribution >= 0.6 is 0 Å². The van der Waals surface area contributed by atoms with E-state index in [1.54, 1.807) is 0 Å². The van der Waals surface area contributed by atoms with Crippen LogP contribution in [0.1, 0.15) is 0 Å². The first-order chi connectivity index (χ1) is 53.5. The number of furan rings is 2. The Hall–Kier alpha value is -14.6. The SMILES string of the molecule is c1ccc(-c2cc(-c3ccccc3)nc(-c3ccc(-c4ccc5c(c4)nc(-c4ccc(-c6cccc7ccccc67)cc4)c4c6ccccc6oc54)cc3)n2)cc1.c1ccc(-c2cc(-c3ccccc3)nc(-c3ccc4c(c3)nc(-c3ccc(-c5cccc6ccccc56)cc3)c3c5ccccc5oc43)n2)cc1. The van der Waals surface area contributed by atoms with E-state index >= 15 is 0 Å². The second-order valence-electron chi connectivity index (χ2n) is 27.2. The molecule has 6 aromatic heterocycles. The highest BCUT2D eigenvalue weighted by molar-refractivity contribution is 6.21. The minimum absolute atomic E-state index is 0.643. The lowest BCUT2D eigenvalue weighted by molar-refractivity contribution is 0.672. The van der Waals surface area contributed by atoms with Gasteiger partial charge in [-0.15, -0.1) is 0 Å². The molecule has 0 atom stereocenters. The van der Waals surface area contributed by atoms with E-state index in [-0.39, 0.29) is 0 Å². The van der Waals surface area contributed by atoms with E-state index in [1.807, 2.05) is 97.1 Å². The molecule has 8 nitrogen and oxygen atoms in total. The van der Waals surface area contributed by atoms with Gasteiger partial charge < -0.3 is 8.83 Å². The number of rotatable bonds is 11. The maximum atomic E-state index is 6.61. The molecule has 0 spiro atoms. The number of hydrogen-bond acceptors (Lipinski definition) is 8. The number of pyridine rings is 2. The number of para-hydroxylation sites is 2. The van der Waals surface area contributed by atoms with Gasteiger partial charge in [-0.2, -0.15) is 0 Å². The van der Waals surface area contributed by atoms with Crippen LogP contribution in [-0.4, -0.2) is 29.9 Å². The first-order valence-electron chi connectivity index (χ1n) is 36.3. The zero-order chi connectivity index (χ0) is 71.4. The van der Waals surface area contributed by atoms with Crippen LogP contribution in [0.2, 0.25) is 0 Å². The first-order valence-corrected chi connectivity index (χ1v) is 36.3. The topological polar surface area (TPSA) is 104 Å². The van der Waals surface area contributed by atoms with Crippen molar-refractivity contribution in [1.82, 2.24) is 29.9 Å². The molecule has 0 aliphatic heterocycles. The zero-order valence-electron chi connectivity index (χ0n) is 58.3. The normalized spacial score (nSPS) is 11.5. The van der Waals surface area contributed by atoms with Gasteiger partial charge in [0.05, 0.1) is 56.0 Å².